The van der Waals surface area contributed by atoms with Crippen LogP contribution in [-0.4, -0.2) is 15.9 Å². The lowest BCUT2D eigenvalue weighted by molar-refractivity contribution is -0.385. The Morgan fingerprint density at radius 1 is 1.61 bits per heavy atom. The number of nitro groups is 1. The van der Waals surface area contributed by atoms with Crippen LogP contribution in [0, 0.1) is 15.5 Å². The highest BCUT2D eigenvalue weighted by molar-refractivity contribution is 9.10. The van der Waals surface area contributed by atoms with Crippen LogP contribution >= 0.6 is 15.9 Å². The summed E-state index contributed by atoms with van der Waals surface area (Å²) in [7, 11) is 0. The van der Waals surface area contributed by atoms with Gasteiger partial charge in [-0.2, -0.15) is 0 Å². The maximum atomic E-state index is 10.6. The second kappa shape index (κ2) is 4.84. The molecule has 0 aromatic carbocycles. The molecule has 0 saturated heterocycles. The summed E-state index contributed by atoms with van der Waals surface area (Å²) in [6, 6.07) is 1.88. The van der Waals surface area contributed by atoms with E-state index in [1.165, 1.54) is 18.7 Å². The minimum Gasteiger partial charge on any atom is -0.366 e. The molecule has 0 amide bonds. The summed E-state index contributed by atoms with van der Waals surface area (Å²) in [5, 5.41) is 14.0. The third-order valence-corrected chi connectivity index (χ3v) is 3.95. The molecular weight excluding hydrogens is 298 g/mol. The fraction of sp³-hybridized carbons (Fsp3) is 0.583. The maximum Gasteiger partial charge on any atom is 0.288 e. The van der Waals surface area contributed by atoms with E-state index in [9.17, 15) is 10.1 Å². The molecule has 1 saturated carbocycles. The molecule has 1 atom stereocenters. The number of anilines is 1. The third kappa shape index (κ3) is 2.98. The van der Waals surface area contributed by atoms with E-state index in [2.05, 4.69) is 40.1 Å². The molecule has 1 fully saturated rings. The quantitative estimate of drug-likeness (QED) is 0.681. The second-order valence-corrected chi connectivity index (χ2v) is 6.38. The van der Waals surface area contributed by atoms with Crippen molar-refractivity contribution in [1.82, 2.24) is 4.98 Å². The molecule has 1 unspecified atom stereocenters. The standard InChI is InChI=1S/C12H16BrN3O2/c1-12(2)4-3-8(6-12)15-11-10(13)5-9(7-14-11)16(17)18/h5,7-8H,3-4,6H2,1-2H3,(H,14,15). The number of hydrogen-bond acceptors (Lipinski definition) is 4. The van der Waals surface area contributed by atoms with E-state index >= 15 is 0 Å². The Bertz CT molecular complexity index is 476. The van der Waals surface area contributed by atoms with Gasteiger partial charge < -0.3 is 5.32 Å². The molecular formula is C12H16BrN3O2. The first kappa shape index (κ1) is 13.3. The van der Waals surface area contributed by atoms with Gasteiger partial charge in [0.1, 0.15) is 12.0 Å². The Kier molecular flexibility index (Phi) is 3.56. The van der Waals surface area contributed by atoms with Crippen LogP contribution < -0.4 is 5.32 Å². The Hall–Kier alpha value is -1.17. The summed E-state index contributed by atoms with van der Waals surface area (Å²) < 4.78 is 0.640. The first-order valence-electron chi connectivity index (χ1n) is 5.94. The minimum atomic E-state index is -0.444. The van der Waals surface area contributed by atoms with Crippen LogP contribution in [0.3, 0.4) is 0 Å². The van der Waals surface area contributed by atoms with E-state index in [1.54, 1.807) is 0 Å². The molecule has 1 aliphatic carbocycles. The van der Waals surface area contributed by atoms with Crippen LogP contribution in [0.5, 0.6) is 0 Å². The highest BCUT2D eigenvalue weighted by atomic mass is 79.9. The van der Waals surface area contributed by atoms with E-state index in [4.69, 9.17) is 0 Å². The molecule has 1 aliphatic rings. The molecule has 6 heteroatoms. The Labute approximate surface area is 114 Å². The molecule has 18 heavy (non-hydrogen) atoms. The highest BCUT2D eigenvalue weighted by Crippen LogP contribution is 2.38. The molecule has 0 radical (unpaired) electrons. The summed E-state index contributed by atoms with van der Waals surface area (Å²) >= 11 is 3.32. The Morgan fingerprint density at radius 3 is 2.83 bits per heavy atom. The largest absolute Gasteiger partial charge is 0.366 e. The van der Waals surface area contributed by atoms with E-state index in [-0.39, 0.29) is 5.69 Å². The highest BCUT2D eigenvalue weighted by Gasteiger charge is 2.31. The smallest absolute Gasteiger partial charge is 0.288 e. The maximum absolute atomic E-state index is 10.6. The van der Waals surface area contributed by atoms with Crippen LogP contribution in [0.1, 0.15) is 33.1 Å². The first-order valence-corrected chi connectivity index (χ1v) is 6.73. The van der Waals surface area contributed by atoms with Gasteiger partial charge in [0, 0.05) is 12.1 Å². The monoisotopic (exact) mass is 313 g/mol. The number of hydrogen-bond donors (Lipinski definition) is 1. The van der Waals surface area contributed by atoms with Gasteiger partial charge in [0.25, 0.3) is 5.69 Å². The third-order valence-electron chi connectivity index (χ3n) is 3.35. The van der Waals surface area contributed by atoms with Crippen molar-refractivity contribution in [1.29, 1.82) is 0 Å². The molecule has 5 nitrogen and oxygen atoms in total. The zero-order valence-corrected chi connectivity index (χ0v) is 12.0. The lowest BCUT2D eigenvalue weighted by Crippen LogP contribution is -2.18. The summed E-state index contributed by atoms with van der Waals surface area (Å²) in [5.41, 5.74) is 0.365. The molecule has 0 bridgehead atoms. The number of rotatable bonds is 3. The zero-order chi connectivity index (χ0) is 13.3. The topological polar surface area (TPSA) is 68.1 Å². The van der Waals surface area contributed by atoms with Crippen LogP contribution in [-0.2, 0) is 0 Å². The summed E-state index contributed by atoms with van der Waals surface area (Å²) in [6.45, 7) is 4.51. The second-order valence-electron chi connectivity index (χ2n) is 5.53. The van der Waals surface area contributed by atoms with Crippen molar-refractivity contribution in [2.24, 2.45) is 5.41 Å². The van der Waals surface area contributed by atoms with Gasteiger partial charge in [0.05, 0.1) is 9.40 Å². The molecule has 1 aromatic rings. The van der Waals surface area contributed by atoms with E-state index < -0.39 is 4.92 Å². The number of pyridine rings is 1. The number of nitrogens with zero attached hydrogens (tertiary/aromatic N) is 2. The average molecular weight is 314 g/mol. The van der Waals surface area contributed by atoms with Gasteiger partial charge in [-0.1, -0.05) is 13.8 Å². The van der Waals surface area contributed by atoms with Crippen molar-refractivity contribution in [3.63, 3.8) is 0 Å². The van der Waals surface area contributed by atoms with Crippen molar-refractivity contribution in [2.45, 2.75) is 39.2 Å². The summed E-state index contributed by atoms with van der Waals surface area (Å²) in [5.74, 6) is 0.684. The Morgan fingerprint density at radius 2 is 2.33 bits per heavy atom. The molecule has 1 aromatic heterocycles. The van der Waals surface area contributed by atoms with Crippen molar-refractivity contribution in [2.75, 3.05) is 5.32 Å². The van der Waals surface area contributed by atoms with Crippen molar-refractivity contribution in [3.8, 4) is 0 Å². The van der Waals surface area contributed by atoms with E-state index in [0.29, 0.717) is 21.7 Å². The molecule has 98 valence electrons. The van der Waals surface area contributed by atoms with Crippen molar-refractivity contribution >= 4 is 27.4 Å². The number of nitrogens with one attached hydrogen (secondary N) is 1. The normalized spacial score (nSPS) is 21.8. The van der Waals surface area contributed by atoms with Gasteiger partial charge in [-0.15, -0.1) is 0 Å². The van der Waals surface area contributed by atoms with Crippen molar-refractivity contribution in [3.05, 3.63) is 26.9 Å². The molecule has 2 rings (SSSR count). The van der Waals surface area contributed by atoms with Crippen LogP contribution in [0.25, 0.3) is 0 Å². The van der Waals surface area contributed by atoms with Gasteiger partial charge in [-0.05, 0) is 40.6 Å². The average Bonchev–Trinajstić information content (AvgIpc) is 2.61. The van der Waals surface area contributed by atoms with E-state index in [1.807, 2.05) is 0 Å². The molecule has 1 heterocycles. The lowest BCUT2D eigenvalue weighted by atomic mass is 9.92. The molecule has 1 N–H and O–H groups in total. The Balaban J connectivity index is 2.09. The van der Waals surface area contributed by atoms with Crippen molar-refractivity contribution < 1.29 is 4.92 Å². The van der Waals surface area contributed by atoms with Gasteiger partial charge in [0.15, 0.2) is 0 Å². The fourth-order valence-electron chi connectivity index (χ4n) is 2.39. The molecule has 0 spiro atoms. The number of halogens is 1. The van der Waals surface area contributed by atoms with Crippen LogP contribution in [0.2, 0.25) is 0 Å². The first-order chi connectivity index (χ1) is 8.37. The van der Waals surface area contributed by atoms with Gasteiger partial charge >= 0.3 is 0 Å². The zero-order valence-electron chi connectivity index (χ0n) is 10.4. The fourth-order valence-corrected chi connectivity index (χ4v) is 2.84. The van der Waals surface area contributed by atoms with Gasteiger partial charge in [0.2, 0.25) is 0 Å². The minimum absolute atomic E-state index is 0.000762. The van der Waals surface area contributed by atoms with Gasteiger partial charge in [-0.3, -0.25) is 10.1 Å². The van der Waals surface area contributed by atoms with E-state index in [0.717, 1.165) is 12.8 Å². The van der Waals surface area contributed by atoms with Crippen LogP contribution in [0.4, 0.5) is 11.5 Å². The lowest BCUT2D eigenvalue weighted by Gasteiger charge is -2.18. The summed E-state index contributed by atoms with van der Waals surface area (Å²) in [4.78, 5) is 14.3. The molecule has 0 aliphatic heterocycles. The summed E-state index contributed by atoms with van der Waals surface area (Å²) in [6.07, 6.45) is 4.68. The SMILES string of the molecule is CC1(C)CCC(Nc2ncc([N+](=O)[O-])cc2Br)C1. The number of aromatic nitrogens is 1. The predicted octanol–water partition coefficient (Wildman–Crippen LogP) is 3.74. The predicted molar refractivity (Wildman–Crippen MR) is 73.6 cm³/mol. The van der Waals surface area contributed by atoms with Crippen LogP contribution in [0.15, 0.2) is 16.7 Å². The van der Waals surface area contributed by atoms with Gasteiger partial charge in [-0.25, -0.2) is 4.98 Å².